The van der Waals surface area contributed by atoms with Crippen LogP contribution >= 0.6 is 0 Å². The minimum absolute atomic E-state index is 0.112. The molecular formula is C30H60N6O4. The second-order valence-electron chi connectivity index (χ2n) is 11.0. The second kappa shape index (κ2) is 28.1. The molecule has 0 aliphatic heterocycles. The van der Waals surface area contributed by atoms with Gasteiger partial charge < -0.3 is 16.0 Å². The van der Waals surface area contributed by atoms with Crippen LogP contribution in [0.15, 0.2) is 0 Å². The summed E-state index contributed by atoms with van der Waals surface area (Å²) in [6.45, 7) is 5.31. The minimum atomic E-state index is -0.801. The lowest BCUT2D eigenvalue weighted by Gasteiger charge is -2.19. The Morgan fingerprint density at radius 3 is 1.62 bits per heavy atom. The van der Waals surface area contributed by atoms with Gasteiger partial charge in [0.05, 0.1) is 0 Å². The molecule has 40 heavy (non-hydrogen) atoms. The predicted octanol–water partition coefficient (Wildman–Crippen LogP) is 6.52. The summed E-state index contributed by atoms with van der Waals surface area (Å²) in [4.78, 5) is 35.8. The number of rotatable bonds is 28. The van der Waals surface area contributed by atoms with Crippen LogP contribution in [0.4, 0.5) is 0 Å². The molecule has 0 aliphatic rings. The second-order valence-corrected chi connectivity index (χ2v) is 11.0. The molecule has 0 radical (unpaired) electrons. The minimum Gasteiger partial charge on any atom is -0.354 e. The summed E-state index contributed by atoms with van der Waals surface area (Å²) >= 11 is 0. The van der Waals surface area contributed by atoms with Crippen molar-refractivity contribution in [3.63, 3.8) is 0 Å². The standard InChI is InChI=1S/C30H60N6O4/c1-3-5-7-9-11-12-13-14-15-16-17-18-20-24-28(37)34-27(23-22-26-33-30(31)35-36(39)40)29(38)32-25-21-19-10-8-6-4-2/h27H,3-26H2,1-2H3,(H,32,38)(H,34,37)(H3,31,33,35)/t27-/m0/s1. The Morgan fingerprint density at radius 2 is 1.12 bits per heavy atom. The Labute approximate surface area is 243 Å². The number of carbonyl (C=O) groups excluding carboxylic acids is 2. The van der Waals surface area contributed by atoms with Crippen LogP contribution in [0, 0.1) is 15.5 Å². The lowest BCUT2D eigenvalue weighted by molar-refractivity contribution is -0.525. The summed E-state index contributed by atoms with van der Waals surface area (Å²) in [5.41, 5.74) is 1.74. The number of hydrazine groups is 1. The first-order chi connectivity index (χ1) is 19.4. The number of amides is 2. The van der Waals surface area contributed by atoms with Crippen molar-refractivity contribution in [2.24, 2.45) is 0 Å². The van der Waals surface area contributed by atoms with Gasteiger partial charge in [0.15, 0.2) is 5.03 Å². The molecule has 0 bridgehead atoms. The van der Waals surface area contributed by atoms with Crippen LogP contribution in [0.3, 0.4) is 0 Å². The number of nitrogens with zero attached hydrogens (tertiary/aromatic N) is 1. The molecule has 0 saturated carbocycles. The maximum absolute atomic E-state index is 12.8. The van der Waals surface area contributed by atoms with Crippen molar-refractivity contribution in [3.8, 4) is 0 Å². The molecule has 0 unspecified atom stereocenters. The highest BCUT2D eigenvalue weighted by atomic mass is 16.7. The first-order valence-corrected chi connectivity index (χ1v) is 16.2. The highest BCUT2D eigenvalue weighted by Gasteiger charge is 2.20. The third-order valence-corrected chi connectivity index (χ3v) is 7.16. The highest BCUT2D eigenvalue weighted by molar-refractivity contribution is 5.87. The van der Waals surface area contributed by atoms with Gasteiger partial charge >= 0.3 is 0 Å². The van der Waals surface area contributed by atoms with Gasteiger partial charge in [0.25, 0.3) is 5.96 Å². The Balaban J connectivity index is 4.21. The van der Waals surface area contributed by atoms with Gasteiger partial charge in [0.2, 0.25) is 11.8 Å². The van der Waals surface area contributed by atoms with Gasteiger partial charge in [-0.1, -0.05) is 128 Å². The predicted molar refractivity (Wildman–Crippen MR) is 164 cm³/mol. The van der Waals surface area contributed by atoms with E-state index in [0.29, 0.717) is 25.8 Å². The van der Waals surface area contributed by atoms with Gasteiger partial charge in [0.1, 0.15) is 6.04 Å². The van der Waals surface area contributed by atoms with E-state index in [1.165, 1.54) is 89.9 Å². The lowest BCUT2D eigenvalue weighted by Crippen LogP contribution is -2.47. The number of nitrogens with one attached hydrogen (secondary N) is 5. The Kier molecular flexibility index (Phi) is 26.5. The molecule has 10 heteroatoms. The number of hydrogen-bond acceptors (Lipinski definition) is 5. The van der Waals surface area contributed by atoms with Gasteiger partial charge in [-0.15, -0.1) is 0 Å². The summed E-state index contributed by atoms with van der Waals surface area (Å²) in [5, 5.41) is 25.5. The average molecular weight is 569 g/mol. The van der Waals surface area contributed by atoms with Gasteiger partial charge in [-0.05, 0) is 25.7 Å². The summed E-state index contributed by atoms with van der Waals surface area (Å²) < 4.78 is 0. The third kappa shape index (κ3) is 25.9. The molecule has 2 amide bonds. The van der Waals surface area contributed by atoms with E-state index < -0.39 is 17.0 Å². The smallest absolute Gasteiger partial charge is 0.251 e. The van der Waals surface area contributed by atoms with Gasteiger partial charge in [0, 0.05) is 19.5 Å². The Hall–Kier alpha value is -2.39. The molecule has 10 nitrogen and oxygen atoms in total. The molecular weight excluding hydrogens is 508 g/mol. The van der Waals surface area contributed by atoms with Crippen molar-refractivity contribution < 1.29 is 14.6 Å². The van der Waals surface area contributed by atoms with Gasteiger partial charge in [-0.3, -0.25) is 15.0 Å². The van der Waals surface area contributed by atoms with Gasteiger partial charge in [-0.2, -0.15) is 0 Å². The molecule has 0 spiro atoms. The molecule has 0 aromatic heterocycles. The number of nitro groups is 1. The fraction of sp³-hybridized carbons (Fsp3) is 0.900. The van der Waals surface area contributed by atoms with E-state index in [1.54, 1.807) is 5.43 Å². The van der Waals surface area contributed by atoms with Crippen LogP contribution in [0.5, 0.6) is 0 Å². The van der Waals surface area contributed by atoms with Crippen LogP contribution < -0.4 is 21.4 Å². The van der Waals surface area contributed by atoms with E-state index >= 15 is 0 Å². The quantitative estimate of drug-likeness (QED) is 0.0239. The maximum Gasteiger partial charge on any atom is 0.251 e. The molecule has 0 saturated heterocycles. The van der Waals surface area contributed by atoms with E-state index in [1.807, 2.05) is 0 Å². The summed E-state index contributed by atoms with van der Waals surface area (Å²) in [7, 11) is 0. The van der Waals surface area contributed by atoms with Crippen LogP contribution in [-0.2, 0) is 9.59 Å². The largest absolute Gasteiger partial charge is 0.354 e. The van der Waals surface area contributed by atoms with Crippen molar-refractivity contribution in [1.82, 2.24) is 21.4 Å². The van der Waals surface area contributed by atoms with Crippen molar-refractivity contribution >= 4 is 17.8 Å². The lowest BCUT2D eigenvalue weighted by atomic mass is 10.0. The molecule has 1 atom stereocenters. The zero-order chi connectivity index (χ0) is 29.7. The van der Waals surface area contributed by atoms with Crippen molar-refractivity contribution in [2.75, 3.05) is 13.1 Å². The summed E-state index contributed by atoms with van der Waals surface area (Å²) in [6, 6.07) is -0.644. The molecule has 0 fully saturated rings. The Bertz CT molecular complexity index is 662. The SMILES string of the molecule is CCCCCCCCCCCCCCCC(=O)N[C@@H](CCCNC(=N)N[N+](=O)[O-])C(=O)NCCCCCCCC. The molecule has 0 aromatic rings. The van der Waals surface area contributed by atoms with E-state index in [-0.39, 0.29) is 18.4 Å². The molecule has 5 N–H and O–H groups in total. The number of carbonyl (C=O) groups is 2. The molecule has 0 aliphatic carbocycles. The van der Waals surface area contributed by atoms with E-state index in [2.05, 4.69) is 29.8 Å². The first-order valence-electron chi connectivity index (χ1n) is 16.2. The summed E-state index contributed by atoms with van der Waals surface area (Å²) in [6.07, 6.45) is 24.3. The first kappa shape index (κ1) is 37.6. The fourth-order valence-electron chi connectivity index (χ4n) is 4.73. The topological polar surface area (TPSA) is 149 Å². The van der Waals surface area contributed by atoms with E-state index in [9.17, 15) is 19.7 Å². The fourth-order valence-corrected chi connectivity index (χ4v) is 4.73. The number of hydrogen-bond donors (Lipinski definition) is 5. The number of guanidine groups is 1. The average Bonchev–Trinajstić information content (AvgIpc) is 2.92. The molecule has 234 valence electrons. The monoisotopic (exact) mass is 568 g/mol. The van der Waals surface area contributed by atoms with Gasteiger partial charge in [-0.25, -0.2) is 10.1 Å². The van der Waals surface area contributed by atoms with Crippen LogP contribution in [0.1, 0.15) is 155 Å². The van der Waals surface area contributed by atoms with E-state index in [4.69, 9.17) is 5.41 Å². The van der Waals surface area contributed by atoms with E-state index in [0.717, 1.165) is 32.1 Å². The van der Waals surface area contributed by atoms with Crippen LogP contribution in [0.2, 0.25) is 0 Å². The zero-order valence-electron chi connectivity index (χ0n) is 25.6. The van der Waals surface area contributed by atoms with Crippen LogP contribution in [0.25, 0.3) is 0 Å². The van der Waals surface area contributed by atoms with Crippen LogP contribution in [-0.4, -0.2) is 41.9 Å². The van der Waals surface area contributed by atoms with Crippen molar-refractivity contribution in [3.05, 3.63) is 10.1 Å². The molecule has 0 aromatic carbocycles. The third-order valence-electron chi connectivity index (χ3n) is 7.16. The molecule has 0 heterocycles. The Morgan fingerprint density at radius 1 is 0.675 bits per heavy atom. The number of unbranched alkanes of at least 4 members (excludes halogenated alkanes) is 17. The van der Waals surface area contributed by atoms with Crippen molar-refractivity contribution in [2.45, 2.75) is 161 Å². The normalized spacial score (nSPS) is 11.6. The van der Waals surface area contributed by atoms with Crippen molar-refractivity contribution in [1.29, 1.82) is 5.41 Å². The summed E-state index contributed by atoms with van der Waals surface area (Å²) in [5.74, 6) is -0.704. The zero-order valence-corrected chi connectivity index (χ0v) is 25.6. The maximum atomic E-state index is 12.8. The highest BCUT2D eigenvalue weighted by Crippen LogP contribution is 2.13. The molecule has 0 rings (SSSR count).